The van der Waals surface area contributed by atoms with E-state index in [9.17, 15) is 4.79 Å². The maximum Gasteiger partial charge on any atom is 0.230 e. The summed E-state index contributed by atoms with van der Waals surface area (Å²) in [6.45, 7) is 6.41. The first-order valence-electron chi connectivity index (χ1n) is 7.87. The van der Waals surface area contributed by atoms with Crippen molar-refractivity contribution in [1.82, 2.24) is 10.2 Å². The summed E-state index contributed by atoms with van der Waals surface area (Å²) in [6.07, 6.45) is 3.54. The largest absolute Gasteiger partial charge is 0.355 e. The van der Waals surface area contributed by atoms with Crippen LogP contribution < -0.4 is 5.32 Å². The van der Waals surface area contributed by atoms with Gasteiger partial charge in [-0.25, -0.2) is 0 Å². The first kappa shape index (κ1) is 16.8. The number of thioether (sulfide) groups is 1. The zero-order valence-electron chi connectivity index (χ0n) is 12.8. The fraction of sp³-hybridized carbons (Fsp3) is 0.688. The Morgan fingerprint density at radius 3 is 2.95 bits per heavy atom. The highest BCUT2D eigenvalue weighted by atomic mass is 32.2. The number of thiophene rings is 1. The van der Waals surface area contributed by atoms with Gasteiger partial charge in [0.2, 0.25) is 5.91 Å². The Hall–Kier alpha value is -0.520. The van der Waals surface area contributed by atoms with Crippen LogP contribution in [-0.4, -0.2) is 41.9 Å². The van der Waals surface area contributed by atoms with Crippen molar-refractivity contribution in [3.05, 3.63) is 22.4 Å². The lowest BCUT2D eigenvalue weighted by Gasteiger charge is -2.31. The first-order valence-corrected chi connectivity index (χ1v) is 9.90. The molecule has 2 heterocycles. The second-order valence-electron chi connectivity index (χ2n) is 5.66. The summed E-state index contributed by atoms with van der Waals surface area (Å²) in [5.41, 5.74) is 0. The predicted octanol–water partition coefficient (Wildman–Crippen LogP) is 3.22. The van der Waals surface area contributed by atoms with Crippen LogP contribution in [0.15, 0.2) is 17.5 Å². The van der Waals surface area contributed by atoms with Crippen molar-refractivity contribution >= 4 is 29.0 Å². The van der Waals surface area contributed by atoms with E-state index in [0.717, 1.165) is 38.4 Å². The molecule has 1 saturated heterocycles. The van der Waals surface area contributed by atoms with E-state index in [2.05, 4.69) is 34.7 Å². The highest BCUT2D eigenvalue weighted by molar-refractivity contribution is 7.99. The Morgan fingerprint density at radius 2 is 2.29 bits per heavy atom. The Kier molecular flexibility index (Phi) is 7.61. The summed E-state index contributed by atoms with van der Waals surface area (Å²) in [4.78, 5) is 15.7. The summed E-state index contributed by atoms with van der Waals surface area (Å²) in [5.74, 6) is 2.55. The maximum absolute atomic E-state index is 11.7. The zero-order valence-corrected chi connectivity index (χ0v) is 14.5. The minimum atomic E-state index is 0.203. The van der Waals surface area contributed by atoms with Gasteiger partial charge in [-0.05, 0) is 55.5 Å². The standard InChI is InChI=1S/C16H26N2OS2/c1-2-9-20-13-16(19)17-11-14-5-7-18(8-6-14)12-15-4-3-10-21-15/h3-4,10,14H,2,5-9,11-13H2,1H3,(H,17,19). The SMILES string of the molecule is CCCSCC(=O)NCC1CCN(Cc2cccs2)CC1. The second kappa shape index (κ2) is 9.49. The van der Waals surface area contributed by atoms with Gasteiger partial charge in [0.05, 0.1) is 5.75 Å². The van der Waals surface area contributed by atoms with Crippen LogP contribution in [0.5, 0.6) is 0 Å². The highest BCUT2D eigenvalue weighted by Crippen LogP contribution is 2.20. The third kappa shape index (κ3) is 6.41. The molecule has 0 aromatic carbocycles. The normalized spacial score (nSPS) is 17.0. The summed E-state index contributed by atoms with van der Waals surface area (Å²) < 4.78 is 0. The number of likely N-dealkylation sites (tertiary alicyclic amines) is 1. The molecule has 1 aliphatic heterocycles. The van der Waals surface area contributed by atoms with Crippen molar-refractivity contribution < 1.29 is 4.79 Å². The lowest BCUT2D eigenvalue weighted by Crippen LogP contribution is -2.38. The Bertz CT molecular complexity index is 400. The van der Waals surface area contributed by atoms with Crippen LogP contribution in [0.2, 0.25) is 0 Å². The average Bonchev–Trinajstić information content (AvgIpc) is 3.00. The van der Waals surface area contributed by atoms with E-state index in [4.69, 9.17) is 0 Å². The Morgan fingerprint density at radius 1 is 1.48 bits per heavy atom. The number of piperidine rings is 1. The third-order valence-corrected chi connectivity index (χ3v) is 5.86. The maximum atomic E-state index is 11.7. The third-order valence-electron chi connectivity index (χ3n) is 3.84. The zero-order chi connectivity index (χ0) is 14.9. The molecule has 0 aliphatic carbocycles. The Balaban J connectivity index is 1.57. The van der Waals surface area contributed by atoms with E-state index in [0.29, 0.717) is 11.7 Å². The van der Waals surface area contributed by atoms with Gasteiger partial charge in [-0.15, -0.1) is 11.3 Å². The number of nitrogens with zero attached hydrogens (tertiary/aromatic N) is 1. The van der Waals surface area contributed by atoms with Crippen LogP contribution in [0, 0.1) is 5.92 Å². The molecule has 0 radical (unpaired) electrons. The molecule has 2 rings (SSSR count). The molecule has 0 unspecified atom stereocenters. The molecule has 1 aromatic rings. The van der Waals surface area contributed by atoms with Crippen molar-refractivity contribution in [2.24, 2.45) is 5.92 Å². The number of nitrogens with one attached hydrogen (secondary N) is 1. The fourth-order valence-electron chi connectivity index (χ4n) is 2.59. The fourth-order valence-corrected chi connectivity index (χ4v) is 4.06. The molecule has 5 heteroatoms. The first-order chi connectivity index (χ1) is 10.3. The molecule has 1 aliphatic rings. The van der Waals surface area contributed by atoms with Gasteiger partial charge < -0.3 is 5.32 Å². The quantitative estimate of drug-likeness (QED) is 0.745. The number of carbonyl (C=O) groups excluding carboxylic acids is 1. The van der Waals surface area contributed by atoms with Crippen molar-refractivity contribution in [3.8, 4) is 0 Å². The van der Waals surface area contributed by atoms with Gasteiger partial charge >= 0.3 is 0 Å². The number of rotatable bonds is 8. The van der Waals surface area contributed by atoms with E-state index < -0.39 is 0 Å². The van der Waals surface area contributed by atoms with E-state index in [1.807, 2.05) is 11.3 Å². The lowest BCUT2D eigenvalue weighted by atomic mass is 9.97. The number of amides is 1. The molecule has 1 amide bonds. The summed E-state index contributed by atoms with van der Waals surface area (Å²) >= 11 is 3.57. The van der Waals surface area contributed by atoms with Crippen LogP contribution in [0.4, 0.5) is 0 Å². The predicted molar refractivity (Wildman–Crippen MR) is 92.9 cm³/mol. The molecule has 1 fully saturated rings. The molecule has 118 valence electrons. The number of hydrogen-bond acceptors (Lipinski definition) is 4. The lowest BCUT2D eigenvalue weighted by molar-refractivity contribution is -0.118. The van der Waals surface area contributed by atoms with Gasteiger partial charge in [0.25, 0.3) is 0 Å². The Labute approximate surface area is 136 Å². The molecule has 0 bridgehead atoms. The summed E-state index contributed by atoms with van der Waals surface area (Å²) in [7, 11) is 0. The smallest absolute Gasteiger partial charge is 0.230 e. The molecular weight excluding hydrogens is 300 g/mol. The van der Waals surface area contributed by atoms with E-state index >= 15 is 0 Å². The van der Waals surface area contributed by atoms with Crippen LogP contribution in [-0.2, 0) is 11.3 Å². The van der Waals surface area contributed by atoms with Crippen LogP contribution in [0.1, 0.15) is 31.1 Å². The number of hydrogen-bond donors (Lipinski definition) is 1. The molecular formula is C16H26N2OS2. The molecule has 0 spiro atoms. The van der Waals surface area contributed by atoms with Gasteiger partial charge in [0.1, 0.15) is 0 Å². The highest BCUT2D eigenvalue weighted by Gasteiger charge is 2.19. The topological polar surface area (TPSA) is 32.3 Å². The molecule has 1 N–H and O–H groups in total. The minimum absolute atomic E-state index is 0.203. The van der Waals surface area contributed by atoms with Gasteiger partial charge in [-0.2, -0.15) is 11.8 Å². The van der Waals surface area contributed by atoms with Crippen LogP contribution in [0.3, 0.4) is 0 Å². The molecule has 0 saturated carbocycles. The minimum Gasteiger partial charge on any atom is -0.355 e. The number of carbonyl (C=O) groups is 1. The van der Waals surface area contributed by atoms with Crippen LogP contribution in [0.25, 0.3) is 0 Å². The van der Waals surface area contributed by atoms with Gasteiger partial charge in [0.15, 0.2) is 0 Å². The summed E-state index contributed by atoms with van der Waals surface area (Å²) in [6, 6.07) is 4.34. The van der Waals surface area contributed by atoms with Crippen molar-refractivity contribution in [2.75, 3.05) is 31.1 Å². The van der Waals surface area contributed by atoms with Crippen molar-refractivity contribution in [1.29, 1.82) is 0 Å². The van der Waals surface area contributed by atoms with Gasteiger partial charge in [-0.1, -0.05) is 13.0 Å². The molecule has 1 aromatic heterocycles. The second-order valence-corrected chi connectivity index (χ2v) is 7.79. The van der Waals surface area contributed by atoms with Crippen molar-refractivity contribution in [3.63, 3.8) is 0 Å². The molecule has 3 nitrogen and oxygen atoms in total. The van der Waals surface area contributed by atoms with E-state index in [1.165, 1.54) is 17.7 Å². The molecule has 0 atom stereocenters. The molecule has 21 heavy (non-hydrogen) atoms. The van der Waals surface area contributed by atoms with E-state index in [-0.39, 0.29) is 5.91 Å². The monoisotopic (exact) mass is 326 g/mol. The summed E-state index contributed by atoms with van der Waals surface area (Å²) in [5, 5.41) is 5.24. The average molecular weight is 327 g/mol. The van der Waals surface area contributed by atoms with Crippen molar-refractivity contribution in [2.45, 2.75) is 32.7 Å². The van der Waals surface area contributed by atoms with E-state index in [1.54, 1.807) is 11.8 Å². The van der Waals surface area contributed by atoms with Gasteiger partial charge in [-0.3, -0.25) is 9.69 Å². The van der Waals surface area contributed by atoms with Crippen LogP contribution >= 0.6 is 23.1 Å². The van der Waals surface area contributed by atoms with Gasteiger partial charge in [0, 0.05) is 18.0 Å².